The maximum Gasteiger partial charge on any atom is 0.236 e. The molecule has 0 N–H and O–H groups in total. The van der Waals surface area contributed by atoms with Crippen LogP contribution in [-0.2, 0) is 0 Å². The highest BCUT2D eigenvalue weighted by Gasteiger charge is 2.24. The number of para-hydroxylation sites is 1. The molecule has 47 heavy (non-hydrogen) atoms. The Bertz CT molecular complexity index is 3090. The van der Waals surface area contributed by atoms with Crippen LogP contribution in [0.15, 0.2) is 140 Å². The molecular formula is C42H23N3S2. The minimum absolute atomic E-state index is 0.698. The lowest BCUT2D eigenvalue weighted by Crippen LogP contribution is -2.03. The van der Waals surface area contributed by atoms with E-state index >= 15 is 0 Å². The van der Waals surface area contributed by atoms with Crippen molar-refractivity contribution in [3.8, 4) is 17.2 Å². The van der Waals surface area contributed by atoms with Crippen LogP contribution in [-0.4, -0.2) is 14.5 Å². The van der Waals surface area contributed by atoms with E-state index in [0.717, 1.165) is 32.5 Å². The van der Waals surface area contributed by atoms with Gasteiger partial charge in [-0.3, -0.25) is 4.57 Å². The van der Waals surface area contributed by atoms with Crippen LogP contribution in [0.5, 0.6) is 0 Å². The highest BCUT2D eigenvalue weighted by atomic mass is 32.1. The van der Waals surface area contributed by atoms with Crippen LogP contribution in [0, 0.1) is 0 Å². The molecule has 0 atom stereocenters. The Morgan fingerprint density at radius 2 is 1.11 bits per heavy atom. The molecule has 11 aromatic rings. The minimum Gasteiger partial charge on any atom is -0.277 e. The maximum atomic E-state index is 5.53. The van der Waals surface area contributed by atoms with Gasteiger partial charge in [-0.25, -0.2) is 9.97 Å². The van der Waals surface area contributed by atoms with Gasteiger partial charge in [0.25, 0.3) is 0 Å². The van der Waals surface area contributed by atoms with Gasteiger partial charge >= 0.3 is 0 Å². The first kappa shape index (κ1) is 25.6. The largest absolute Gasteiger partial charge is 0.277 e. The van der Waals surface area contributed by atoms with Crippen molar-refractivity contribution in [2.45, 2.75) is 0 Å². The fourth-order valence-electron chi connectivity index (χ4n) is 7.59. The number of aromatic nitrogens is 3. The quantitative estimate of drug-likeness (QED) is 0.190. The second-order valence-corrected chi connectivity index (χ2v) is 14.2. The fourth-order valence-corrected chi connectivity index (χ4v) is 9.93. The van der Waals surface area contributed by atoms with Crippen molar-refractivity contribution in [2.75, 3.05) is 0 Å². The Morgan fingerprint density at radius 3 is 1.94 bits per heavy atom. The topological polar surface area (TPSA) is 30.7 Å². The van der Waals surface area contributed by atoms with Crippen LogP contribution in [0.1, 0.15) is 0 Å². The molecule has 0 fully saturated rings. The first-order chi connectivity index (χ1) is 23.3. The number of nitrogens with zero attached hydrogens (tertiary/aromatic N) is 3. The molecule has 218 valence electrons. The van der Waals surface area contributed by atoms with Gasteiger partial charge in [0, 0.05) is 57.4 Å². The maximum absolute atomic E-state index is 5.53. The first-order valence-electron chi connectivity index (χ1n) is 15.8. The Hall–Kier alpha value is -5.62. The minimum atomic E-state index is 0.698. The normalized spacial score (nSPS) is 12.3. The van der Waals surface area contributed by atoms with E-state index in [1.54, 1.807) is 11.3 Å². The summed E-state index contributed by atoms with van der Waals surface area (Å²) in [6, 6.07) is 50.3. The molecule has 0 amide bonds. The number of hydrogen-bond acceptors (Lipinski definition) is 4. The zero-order valence-corrected chi connectivity index (χ0v) is 26.6. The van der Waals surface area contributed by atoms with E-state index in [0.29, 0.717) is 5.95 Å². The number of benzene rings is 7. The third kappa shape index (κ3) is 3.50. The average molecular weight is 634 g/mol. The van der Waals surface area contributed by atoms with Crippen LogP contribution in [0.25, 0.3) is 101 Å². The zero-order chi connectivity index (χ0) is 30.6. The molecule has 0 radical (unpaired) electrons. The van der Waals surface area contributed by atoms with Crippen molar-refractivity contribution in [3.05, 3.63) is 140 Å². The Balaban J connectivity index is 1.34. The molecule has 0 aliphatic heterocycles. The lowest BCUT2D eigenvalue weighted by atomic mass is 10.00. The Labute approximate surface area is 276 Å². The summed E-state index contributed by atoms with van der Waals surface area (Å²) in [7, 11) is 0. The number of rotatable bonds is 2. The number of fused-ring (bicyclic) bond motifs is 14. The molecule has 0 unspecified atom stereocenters. The number of hydrogen-bond donors (Lipinski definition) is 0. The van der Waals surface area contributed by atoms with Crippen LogP contribution in [0.2, 0.25) is 0 Å². The van der Waals surface area contributed by atoms with Gasteiger partial charge in [0.2, 0.25) is 5.95 Å². The molecule has 7 aromatic carbocycles. The van der Waals surface area contributed by atoms with Crippen molar-refractivity contribution < 1.29 is 0 Å². The summed E-state index contributed by atoms with van der Waals surface area (Å²) >= 11 is 3.63. The second kappa shape index (κ2) is 9.46. The van der Waals surface area contributed by atoms with E-state index in [2.05, 4.69) is 144 Å². The highest BCUT2D eigenvalue weighted by molar-refractivity contribution is 7.27. The van der Waals surface area contributed by atoms with Crippen LogP contribution in [0.4, 0.5) is 0 Å². The molecule has 0 aliphatic carbocycles. The molecule has 0 saturated carbocycles. The van der Waals surface area contributed by atoms with Crippen LogP contribution >= 0.6 is 22.7 Å². The van der Waals surface area contributed by atoms with Gasteiger partial charge in [0.05, 0.1) is 16.7 Å². The van der Waals surface area contributed by atoms with Crippen molar-refractivity contribution in [2.24, 2.45) is 0 Å². The van der Waals surface area contributed by atoms with E-state index in [4.69, 9.17) is 9.97 Å². The zero-order valence-electron chi connectivity index (χ0n) is 24.9. The molecule has 0 saturated heterocycles. The average Bonchev–Trinajstić information content (AvgIpc) is 3.81. The third-order valence-corrected chi connectivity index (χ3v) is 11.9. The SMILES string of the molecule is c1ccc2cc(-c3nc(-n4c5ccccc5c5c6sc7ccccc7c6c6ccccc6c54)nc4sc5ccccc5c34)ccc2c1. The fraction of sp³-hybridized carbons (Fsp3) is 0. The van der Waals surface area contributed by atoms with Crippen LogP contribution in [0.3, 0.4) is 0 Å². The van der Waals surface area contributed by atoms with E-state index in [-0.39, 0.29) is 0 Å². The van der Waals surface area contributed by atoms with Crippen LogP contribution < -0.4 is 0 Å². The molecule has 4 aromatic heterocycles. The van der Waals surface area contributed by atoms with Gasteiger partial charge in [-0.2, -0.15) is 0 Å². The lowest BCUT2D eigenvalue weighted by Gasteiger charge is -2.12. The predicted molar refractivity (Wildman–Crippen MR) is 203 cm³/mol. The molecule has 5 heteroatoms. The molecule has 0 aliphatic rings. The predicted octanol–water partition coefficient (Wildman–Crippen LogP) is 12.3. The summed E-state index contributed by atoms with van der Waals surface area (Å²) in [5.41, 5.74) is 4.33. The molecule has 11 rings (SSSR count). The summed E-state index contributed by atoms with van der Waals surface area (Å²) < 4.78 is 6.16. The van der Waals surface area contributed by atoms with Gasteiger partial charge in [-0.15, -0.1) is 22.7 Å². The molecule has 4 heterocycles. The van der Waals surface area contributed by atoms with E-state index in [1.165, 1.54) is 62.6 Å². The van der Waals surface area contributed by atoms with Gasteiger partial charge < -0.3 is 0 Å². The second-order valence-electron chi connectivity index (χ2n) is 12.1. The van der Waals surface area contributed by atoms with Crippen molar-refractivity contribution in [1.82, 2.24) is 14.5 Å². The van der Waals surface area contributed by atoms with Crippen molar-refractivity contribution in [1.29, 1.82) is 0 Å². The summed E-state index contributed by atoms with van der Waals surface area (Å²) in [6.07, 6.45) is 0. The smallest absolute Gasteiger partial charge is 0.236 e. The molecular weight excluding hydrogens is 611 g/mol. The van der Waals surface area contributed by atoms with E-state index < -0.39 is 0 Å². The summed E-state index contributed by atoms with van der Waals surface area (Å²) in [4.78, 5) is 11.9. The lowest BCUT2D eigenvalue weighted by molar-refractivity contribution is 1.02. The standard InChI is InChI=1S/C42H23N3S2/c1-2-12-25-23-26(22-21-24(25)11-1)38-36-31-17-7-10-20-34(31)47-41(36)44-42(43-38)45-32-18-8-5-15-29(32)37-39(45)28-14-4-3-13-27(28)35-30-16-6-9-19-33(30)46-40(35)37/h1-23H. The van der Waals surface area contributed by atoms with Gasteiger partial charge in [-0.1, -0.05) is 115 Å². The van der Waals surface area contributed by atoms with E-state index in [9.17, 15) is 0 Å². The van der Waals surface area contributed by atoms with Crippen molar-refractivity contribution in [3.63, 3.8) is 0 Å². The monoisotopic (exact) mass is 633 g/mol. The van der Waals surface area contributed by atoms with Gasteiger partial charge in [0.15, 0.2) is 0 Å². The summed E-state index contributed by atoms with van der Waals surface area (Å²) in [5.74, 6) is 0.698. The molecule has 0 bridgehead atoms. The first-order valence-corrected chi connectivity index (χ1v) is 17.4. The van der Waals surface area contributed by atoms with Gasteiger partial charge in [0.1, 0.15) is 4.83 Å². The Kier molecular flexibility index (Phi) is 5.14. The van der Waals surface area contributed by atoms with E-state index in [1.807, 2.05) is 11.3 Å². The molecule has 0 spiro atoms. The number of thiophene rings is 2. The Morgan fingerprint density at radius 1 is 0.468 bits per heavy atom. The van der Waals surface area contributed by atoms with Gasteiger partial charge in [-0.05, 0) is 40.4 Å². The summed E-state index contributed by atoms with van der Waals surface area (Å²) in [5, 5.41) is 12.3. The highest BCUT2D eigenvalue weighted by Crippen LogP contribution is 2.48. The van der Waals surface area contributed by atoms with Crippen molar-refractivity contribution >= 4 is 106 Å². The molecule has 3 nitrogen and oxygen atoms in total. The summed E-state index contributed by atoms with van der Waals surface area (Å²) in [6.45, 7) is 0. The third-order valence-electron chi connectivity index (χ3n) is 9.60.